The molecule has 1 amide bonds. The molecule has 1 saturated heterocycles. The van der Waals surface area contributed by atoms with E-state index in [0.29, 0.717) is 5.92 Å². The predicted octanol–water partition coefficient (Wildman–Crippen LogP) is 3.79. The minimum Gasteiger partial charge on any atom is -0.444 e. The number of anilines is 2. The molecule has 23 heavy (non-hydrogen) atoms. The van der Waals surface area contributed by atoms with Crippen molar-refractivity contribution in [2.45, 2.75) is 39.2 Å². The number of rotatable bonds is 4. The van der Waals surface area contributed by atoms with Gasteiger partial charge in [-0.15, -0.1) is 0 Å². The Hall–Kier alpha value is -1.75. The minimum atomic E-state index is -0.499. The summed E-state index contributed by atoms with van der Waals surface area (Å²) in [5.41, 5.74) is 1.20. The van der Waals surface area contributed by atoms with Gasteiger partial charge < -0.3 is 15.0 Å². The molecule has 0 saturated carbocycles. The molecule has 0 atom stereocenters. The number of ether oxygens (including phenoxy) is 1. The summed E-state index contributed by atoms with van der Waals surface area (Å²) in [7, 11) is 2.17. The number of carbonyl (C=O) groups excluding carboxylic acids is 1. The normalized spacial score (nSPS) is 16.9. The zero-order valence-corrected chi connectivity index (χ0v) is 14.7. The van der Waals surface area contributed by atoms with Crippen LogP contribution in [0.2, 0.25) is 0 Å². The second-order valence-electron chi connectivity index (χ2n) is 7.30. The molecule has 0 aromatic heterocycles. The van der Waals surface area contributed by atoms with E-state index in [2.05, 4.69) is 22.6 Å². The van der Waals surface area contributed by atoms with E-state index in [1.54, 1.807) is 0 Å². The Kier molecular flexibility index (Phi) is 5.88. The third-order valence-electron chi connectivity index (χ3n) is 3.98. The van der Waals surface area contributed by atoms with Crippen LogP contribution in [0.5, 0.6) is 0 Å². The standard InChI is InChI=1S/C18H29N3O2/c1-18(2,3)23-17(22)20-16-8-6-5-7-15(16)19-13-14-9-11-21(4)12-10-14/h5-8,14,19H,9-13H2,1-4H3,(H,20,22). The maximum atomic E-state index is 12.0. The lowest BCUT2D eigenvalue weighted by atomic mass is 9.97. The van der Waals surface area contributed by atoms with Gasteiger partial charge in [0.25, 0.3) is 0 Å². The van der Waals surface area contributed by atoms with Crippen LogP contribution in [0.4, 0.5) is 16.2 Å². The third-order valence-corrected chi connectivity index (χ3v) is 3.98. The molecule has 1 aromatic carbocycles. The second-order valence-corrected chi connectivity index (χ2v) is 7.30. The molecule has 5 nitrogen and oxygen atoms in total. The van der Waals surface area contributed by atoms with E-state index in [9.17, 15) is 4.79 Å². The molecule has 128 valence electrons. The lowest BCUT2D eigenvalue weighted by Gasteiger charge is -2.29. The maximum Gasteiger partial charge on any atom is 0.412 e. The molecule has 1 aliphatic rings. The van der Waals surface area contributed by atoms with E-state index in [-0.39, 0.29) is 0 Å². The van der Waals surface area contributed by atoms with Crippen molar-refractivity contribution >= 4 is 17.5 Å². The van der Waals surface area contributed by atoms with E-state index in [0.717, 1.165) is 31.0 Å². The largest absolute Gasteiger partial charge is 0.444 e. The van der Waals surface area contributed by atoms with Gasteiger partial charge in [-0.25, -0.2) is 4.79 Å². The van der Waals surface area contributed by atoms with Crippen molar-refractivity contribution in [1.29, 1.82) is 0 Å². The molecule has 1 aliphatic heterocycles. The highest BCUT2D eigenvalue weighted by molar-refractivity contribution is 5.89. The van der Waals surface area contributed by atoms with Crippen LogP contribution >= 0.6 is 0 Å². The Balaban J connectivity index is 1.91. The first-order chi connectivity index (χ1) is 10.8. The van der Waals surface area contributed by atoms with Gasteiger partial charge in [0, 0.05) is 6.54 Å². The number of para-hydroxylation sites is 2. The van der Waals surface area contributed by atoms with E-state index < -0.39 is 11.7 Å². The van der Waals surface area contributed by atoms with Crippen molar-refractivity contribution < 1.29 is 9.53 Å². The van der Waals surface area contributed by atoms with Crippen molar-refractivity contribution in [2.24, 2.45) is 5.92 Å². The number of hydrogen-bond donors (Lipinski definition) is 2. The van der Waals surface area contributed by atoms with Gasteiger partial charge in [-0.1, -0.05) is 12.1 Å². The first-order valence-electron chi connectivity index (χ1n) is 8.35. The number of carbonyl (C=O) groups is 1. The quantitative estimate of drug-likeness (QED) is 0.886. The summed E-state index contributed by atoms with van der Waals surface area (Å²) in [6.45, 7) is 8.82. The van der Waals surface area contributed by atoms with Crippen molar-refractivity contribution in [3.05, 3.63) is 24.3 Å². The fourth-order valence-electron chi connectivity index (χ4n) is 2.68. The van der Waals surface area contributed by atoms with Crippen molar-refractivity contribution in [2.75, 3.05) is 37.3 Å². The molecule has 0 bridgehead atoms. The average molecular weight is 319 g/mol. The van der Waals surface area contributed by atoms with Crippen molar-refractivity contribution in [3.8, 4) is 0 Å². The molecule has 0 aliphatic carbocycles. The molecule has 0 unspecified atom stereocenters. The van der Waals surface area contributed by atoms with E-state index in [1.807, 2.05) is 45.0 Å². The number of nitrogens with zero attached hydrogens (tertiary/aromatic N) is 1. The fraction of sp³-hybridized carbons (Fsp3) is 0.611. The van der Waals surface area contributed by atoms with Crippen LogP contribution in [-0.4, -0.2) is 43.3 Å². The number of nitrogens with one attached hydrogen (secondary N) is 2. The summed E-state index contributed by atoms with van der Waals surface area (Å²) < 4.78 is 5.32. The molecule has 2 rings (SSSR count). The molecule has 0 spiro atoms. The third kappa shape index (κ3) is 6.10. The first-order valence-corrected chi connectivity index (χ1v) is 8.35. The molecule has 0 radical (unpaired) electrons. The van der Waals surface area contributed by atoms with Gasteiger partial charge in [0.15, 0.2) is 0 Å². The van der Waals surface area contributed by atoms with Crippen molar-refractivity contribution in [1.82, 2.24) is 4.90 Å². The number of benzene rings is 1. The number of likely N-dealkylation sites (tertiary alicyclic amines) is 1. The van der Waals surface area contributed by atoms with Crippen LogP contribution in [0.3, 0.4) is 0 Å². The van der Waals surface area contributed by atoms with Gasteiger partial charge in [0.05, 0.1) is 11.4 Å². The highest BCUT2D eigenvalue weighted by Crippen LogP contribution is 2.24. The van der Waals surface area contributed by atoms with Gasteiger partial charge in [-0.3, -0.25) is 5.32 Å². The predicted molar refractivity (Wildman–Crippen MR) is 95.0 cm³/mol. The summed E-state index contributed by atoms with van der Waals surface area (Å²) in [5.74, 6) is 0.681. The van der Waals surface area contributed by atoms with Crippen molar-refractivity contribution in [3.63, 3.8) is 0 Å². The van der Waals surface area contributed by atoms with Crippen LogP contribution in [0, 0.1) is 5.92 Å². The molecule has 5 heteroatoms. The molecular weight excluding hydrogens is 290 g/mol. The maximum absolute atomic E-state index is 12.0. The monoisotopic (exact) mass is 319 g/mol. The van der Waals surface area contributed by atoms with E-state index in [4.69, 9.17) is 4.74 Å². The zero-order chi connectivity index (χ0) is 16.9. The molecule has 2 N–H and O–H groups in total. The highest BCUT2D eigenvalue weighted by Gasteiger charge is 2.18. The Morgan fingerprint density at radius 2 is 1.83 bits per heavy atom. The van der Waals surface area contributed by atoms with Gasteiger partial charge in [-0.05, 0) is 71.8 Å². The lowest BCUT2D eigenvalue weighted by Crippen LogP contribution is -2.33. The molecule has 1 heterocycles. The summed E-state index contributed by atoms with van der Waals surface area (Å²) in [5, 5.41) is 6.31. The summed E-state index contributed by atoms with van der Waals surface area (Å²) in [4.78, 5) is 14.3. The van der Waals surface area contributed by atoms with Gasteiger partial charge in [0.1, 0.15) is 5.60 Å². The van der Waals surface area contributed by atoms with Gasteiger partial charge >= 0.3 is 6.09 Å². The lowest BCUT2D eigenvalue weighted by molar-refractivity contribution is 0.0636. The average Bonchev–Trinajstić information content (AvgIpc) is 2.46. The van der Waals surface area contributed by atoms with E-state index >= 15 is 0 Å². The van der Waals surface area contributed by atoms with Gasteiger partial charge in [-0.2, -0.15) is 0 Å². The van der Waals surface area contributed by atoms with E-state index in [1.165, 1.54) is 12.8 Å². The molecule has 1 aromatic rings. The number of piperidine rings is 1. The fourth-order valence-corrected chi connectivity index (χ4v) is 2.68. The first kappa shape index (κ1) is 17.6. The van der Waals surface area contributed by atoms with Crippen LogP contribution < -0.4 is 10.6 Å². The van der Waals surface area contributed by atoms with Crippen LogP contribution in [0.1, 0.15) is 33.6 Å². The second kappa shape index (κ2) is 7.68. The highest BCUT2D eigenvalue weighted by atomic mass is 16.6. The summed E-state index contributed by atoms with van der Waals surface area (Å²) >= 11 is 0. The van der Waals surface area contributed by atoms with Gasteiger partial charge in [0.2, 0.25) is 0 Å². The Bertz CT molecular complexity index is 517. The Morgan fingerprint density at radius 1 is 1.22 bits per heavy atom. The SMILES string of the molecule is CN1CCC(CNc2ccccc2NC(=O)OC(C)(C)C)CC1. The Morgan fingerprint density at radius 3 is 2.43 bits per heavy atom. The smallest absolute Gasteiger partial charge is 0.412 e. The van der Waals surface area contributed by atoms with Crippen LogP contribution in [0.15, 0.2) is 24.3 Å². The molecular formula is C18H29N3O2. The Labute approximate surface area is 139 Å². The summed E-state index contributed by atoms with van der Waals surface area (Å²) in [6, 6.07) is 7.76. The zero-order valence-electron chi connectivity index (χ0n) is 14.7. The number of hydrogen-bond acceptors (Lipinski definition) is 4. The number of amides is 1. The summed E-state index contributed by atoms with van der Waals surface area (Å²) in [6.07, 6.45) is 2.00. The molecule has 1 fully saturated rings. The van der Waals surface area contributed by atoms with Crippen LogP contribution in [-0.2, 0) is 4.74 Å². The minimum absolute atomic E-state index is 0.425. The van der Waals surface area contributed by atoms with Crippen LogP contribution in [0.25, 0.3) is 0 Å². The topological polar surface area (TPSA) is 53.6 Å².